The molecule has 0 rings (SSSR count). The van der Waals surface area contributed by atoms with Crippen molar-refractivity contribution < 1.29 is 4.74 Å². The van der Waals surface area contributed by atoms with E-state index in [2.05, 4.69) is 50.0 Å². The number of hydrogen-bond donors (Lipinski definition) is 0. The molecule has 22 heavy (non-hydrogen) atoms. The molecule has 0 unspecified atom stereocenters. The van der Waals surface area contributed by atoms with Crippen LogP contribution in [0, 0.1) is 0 Å². The lowest BCUT2D eigenvalue weighted by molar-refractivity contribution is 0.276. The van der Waals surface area contributed by atoms with Gasteiger partial charge in [0.15, 0.2) is 0 Å². The van der Waals surface area contributed by atoms with Crippen LogP contribution in [0.3, 0.4) is 0 Å². The molecule has 0 radical (unpaired) electrons. The van der Waals surface area contributed by atoms with Crippen molar-refractivity contribution in [3.05, 3.63) is 48.8 Å². The van der Waals surface area contributed by atoms with E-state index in [9.17, 15) is 0 Å². The van der Waals surface area contributed by atoms with Crippen LogP contribution in [0.1, 0.15) is 77.6 Å². The Morgan fingerprint density at radius 1 is 0.818 bits per heavy atom. The van der Waals surface area contributed by atoms with Gasteiger partial charge in [0, 0.05) is 6.42 Å². The largest absolute Gasteiger partial charge is 0.502 e. The summed E-state index contributed by atoms with van der Waals surface area (Å²) in [5.41, 5.74) is 0. The highest BCUT2D eigenvalue weighted by atomic mass is 16.5. The second kappa shape index (κ2) is 17.8. The van der Waals surface area contributed by atoms with Crippen LogP contribution in [0.4, 0.5) is 0 Å². The maximum atomic E-state index is 5.06. The Morgan fingerprint density at radius 2 is 1.50 bits per heavy atom. The molecule has 0 spiro atoms. The molecule has 1 nitrogen and oxygen atoms in total. The van der Waals surface area contributed by atoms with Gasteiger partial charge in [0.05, 0.1) is 12.9 Å². The molecular formula is C21H36O. The van der Waals surface area contributed by atoms with Gasteiger partial charge in [-0.1, -0.05) is 82.1 Å². The molecule has 0 amide bonds. The average molecular weight is 305 g/mol. The predicted octanol–water partition coefficient (Wildman–Crippen LogP) is 7.13. The Balaban J connectivity index is 3.29. The lowest BCUT2D eigenvalue weighted by atomic mass is 10.1. The minimum Gasteiger partial charge on any atom is -0.502 e. The summed E-state index contributed by atoms with van der Waals surface area (Å²) in [5, 5.41) is 0. The standard InChI is InChI=1S/C21H36O/c1-4-5-6-7-8-9-10-11-12-13-14-15-16-17-18-19-20-21(2)22-3/h7-10,12-13H,2,4-6,11,14-20H2,1,3H3. The summed E-state index contributed by atoms with van der Waals surface area (Å²) < 4.78 is 5.06. The highest BCUT2D eigenvalue weighted by Gasteiger charge is 1.93. The van der Waals surface area contributed by atoms with Crippen LogP contribution in [0.5, 0.6) is 0 Å². The average Bonchev–Trinajstić information content (AvgIpc) is 2.54. The molecule has 0 bridgehead atoms. The topological polar surface area (TPSA) is 9.23 Å². The van der Waals surface area contributed by atoms with Crippen LogP contribution in [0.15, 0.2) is 48.8 Å². The Bertz CT molecular complexity index is 323. The van der Waals surface area contributed by atoms with Gasteiger partial charge in [-0.05, 0) is 32.1 Å². The first-order valence-corrected chi connectivity index (χ1v) is 8.99. The van der Waals surface area contributed by atoms with E-state index in [4.69, 9.17) is 4.74 Å². The highest BCUT2D eigenvalue weighted by Crippen LogP contribution is 2.11. The van der Waals surface area contributed by atoms with Crippen molar-refractivity contribution in [1.82, 2.24) is 0 Å². The van der Waals surface area contributed by atoms with Gasteiger partial charge >= 0.3 is 0 Å². The zero-order valence-corrected chi connectivity index (χ0v) is 14.9. The number of hydrogen-bond acceptors (Lipinski definition) is 1. The number of ether oxygens (including phenoxy) is 1. The fourth-order valence-electron chi connectivity index (χ4n) is 2.16. The molecule has 126 valence electrons. The van der Waals surface area contributed by atoms with Crippen molar-refractivity contribution in [2.75, 3.05) is 7.11 Å². The quantitative estimate of drug-likeness (QED) is 0.135. The fraction of sp³-hybridized carbons (Fsp3) is 0.619. The summed E-state index contributed by atoms with van der Waals surface area (Å²) in [4.78, 5) is 0. The highest BCUT2D eigenvalue weighted by molar-refractivity contribution is 5.04. The minimum absolute atomic E-state index is 0.913. The molecule has 0 aromatic rings. The lowest BCUT2D eigenvalue weighted by Crippen LogP contribution is -1.85. The maximum Gasteiger partial charge on any atom is 0.0883 e. The molecule has 0 aliphatic heterocycles. The molecule has 0 aliphatic carbocycles. The molecule has 0 aromatic heterocycles. The first-order chi connectivity index (χ1) is 10.8. The van der Waals surface area contributed by atoms with Crippen molar-refractivity contribution in [2.45, 2.75) is 77.6 Å². The van der Waals surface area contributed by atoms with Crippen molar-refractivity contribution in [2.24, 2.45) is 0 Å². The zero-order valence-electron chi connectivity index (χ0n) is 14.9. The van der Waals surface area contributed by atoms with E-state index in [1.54, 1.807) is 7.11 Å². The Hall–Kier alpha value is -1.24. The molecular weight excluding hydrogens is 268 g/mol. The smallest absolute Gasteiger partial charge is 0.0883 e. The van der Waals surface area contributed by atoms with Gasteiger partial charge < -0.3 is 4.74 Å². The molecule has 1 heteroatoms. The zero-order chi connectivity index (χ0) is 16.3. The van der Waals surface area contributed by atoms with E-state index >= 15 is 0 Å². The van der Waals surface area contributed by atoms with Crippen LogP contribution in [0.2, 0.25) is 0 Å². The van der Waals surface area contributed by atoms with Crippen LogP contribution < -0.4 is 0 Å². The van der Waals surface area contributed by atoms with E-state index < -0.39 is 0 Å². The molecule has 0 saturated carbocycles. The Kier molecular flexibility index (Phi) is 16.8. The van der Waals surface area contributed by atoms with Crippen LogP contribution >= 0.6 is 0 Å². The van der Waals surface area contributed by atoms with Gasteiger partial charge in [0.25, 0.3) is 0 Å². The monoisotopic (exact) mass is 304 g/mol. The first-order valence-electron chi connectivity index (χ1n) is 8.99. The van der Waals surface area contributed by atoms with Gasteiger partial charge in [-0.3, -0.25) is 0 Å². The lowest BCUT2D eigenvalue weighted by Gasteiger charge is -2.03. The third kappa shape index (κ3) is 16.8. The third-order valence-corrected chi connectivity index (χ3v) is 3.66. The van der Waals surface area contributed by atoms with E-state index in [0.717, 1.165) is 18.6 Å². The molecule has 0 heterocycles. The molecule has 0 N–H and O–H groups in total. The summed E-state index contributed by atoms with van der Waals surface area (Å²) in [6.07, 6.45) is 26.9. The second-order valence-electron chi connectivity index (χ2n) is 5.75. The molecule has 0 aliphatic rings. The van der Waals surface area contributed by atoms with Crippen molar-refractivity contribution in [1.29, 1.82) is 0 Å². The SMILES string of the molecule is C=C(CCCCCCCC=CCC=CC=CCCCC)OC. The normalized spacial score (nSPS) is 11.9. The maximum absolute atomic E-state index is 5.06. The van der Waals surface area contributed by atoms with E-state index in [1.165, 1.54) is 57.8 Å². The van der Waals surface area contributed by atoms with Crippen LogP contribution in [0.25, 0.3) is 0 Å². The van der Waals surface area contributed by atoms with Crippen LogP contribution in [-0.4, -0.2) is 7.11 Å². The van der Waals surface area contributed by atoms with Gasteiger partial charge in [-0.2, -0.15) is 0 Å². The second-order valence-corrected chi connectivity index (χ2v) is 5.75. The number of rotatable bonds is 15. The Labute approximate surface area is 138 Å². The van der Waals surface area contributed by atoms with Crippen molar-refractivity contribution in [3.8, 4) is 0 Å². The van der Waals surface area contributed by atoms with Gasteiger partial charge in [0.2, 0.25) is 0 Å². The van der Waals surface area contributed by atoms with Gasteiger partial charge in [0.1, 0.15) is 0 Å². The number of unbranched alkanes of at least 4 members (excludes halogenated alkanes) is 7. The predicted molar refractivity (Wildman–Crippen MR) is 100 cm³/mol. The molecule has 0 fully saturated rings. The number of methoxy groups -OCH3 is 1. The van der Waals surface area contributed by atoms with E-state index in [0.29, 0.717) is 0 Å². The van der Waals surface area contributed by atoms with Crippen molar-refractivity contribution >= 4 is 0 Å². The van der Waals surface area contributed by atoms with Crippen molar-refractivity contribution in [3.63, 3.8) is 0 Å². The Morgan fingerprint density at radius 3 is 2.27 bits per heavy atom. The summed E-state index contributed by atoms with van der Waals surface area (Å²) in [5.74, 6) is 0.913. The first kappa shape index (κ1) is 20.8. The summed E-state index contributed by atoms with van der Waals surface area (Å²) in [6.45, 7) is 6.07. The summed E-state index contributed by atoms with van der Waals surface area (Å²) in [7, 11) is 1.70. The molecule has 0 saturated heterocycles. The number of allylic oxidation sites excluding steroid dienone is 7. The third-order valence-electron chi connectivity index (χ3n) is 3.66. The summed E-state index contributed by atoms with van der Waals surface area (Å²) >= 11 is 0. The fourth-order valence-corrected chi connectivity index (χ4v) is 2.16. The van der Waals surface area contributed by atoms with Gasteiger partial charge in [-0.25, -0.2) is 0 Å². The molecule has 0 aromatic carbocycles. The van der Waals surface area contributed by atoms with Gasteiger partial charge in [-0.15, -0.1) is 0 Å². The van der Waals surface area contributed by atoms with E-state index in [1.807, 2.05) is 0 Å². The van der Waals surface area contributed by atoms with E-state index in [-0.39, 0.29) is 0 Å². The minimum atomic E-state index is 0.913. The van der Waals surface area contributed by atoms with Crippen LogP contribution in [-0.2, 0) is 4.74 Å². The summed E-state index contributed by atoms with van der Waals surface area (Å²) in [6, 6.07) is 0. The molecule has 0 atom stereocenters.